The summed E-state index contributed by atoms with van der Waals surface area (Å²) in [6.07, 6.45) is 2.67. The Morgan fingerprint density at radius 3 is 2.56 bits per heavy atom. The van der Waals surface area contributed by atoms with Crippen molar-refractivity contribution in [3.05, 3.63) is 94.0 Å². The average Bonchev–Trinajstić information content (AvgIpc) is 3.60. The minimum absolute atomic E-state index is 0.137. The highest BCUT2D eigenvalue weighted by Crippen LogP contribution is 2.42. The molecule has 2 aliphatic heterocycles. The van der Waals surface area contributed by atoms with E-state index in [1.54, 1.807) is 42.2 Å². The Balaban J connectivity index is 1.33. The van der Waals surface area contributed by atoms with Crippen molar-refractivity contribution in [3.8, 4) is 10.4 Å². The molecule has 1 N–H and O–H groups in total. The van der Waals surface area contributed by atoms with Crippen molar-refractivity contribution in [2.24, 2.45) is 0 Å². The summed E-state index contributed by atoms with van der Waals surface area (Å²) < 4.78 is 28.8. The van der Waals surface area contributed by atoms with Crippen LogP contribution in [0.15, 0.2) is 60.7 Å². The number of hydrogen-bond acceptors (Lipinski definition) is 5. The Hall–Kier alpha value is -4.11. The molecule has 0 atom stereocenters. The summed E-state index contributed by atoms with van der Waals surface area (Å²) >= 11 is 1.21. The van der Waals surface area contributed by atoms with E-state index in [9.17, 15) is 18.4 Å². The molecule has 6 nitrogen and oxygen atoms in total. The number of fused-ring (bicyclic) bond motifs is 3. The van der Waals surface area contributed by atoms with Crippen LogP contribution in [-0.4, -0.2) is 36.4 Å². The number of halogens is 2. The highest BCUT2D eigenvalue weighted by Gasteiger charge is 2.29. The third kappa shape index (κ3) is 4.78. The Labute approximate surface area is 228 Å². The lowest BCUT2D eigenvalue weighted by atomic mass is 10.1. The third-order valence-electron chi connectivity index (χ3n) is 7.22. The van der Waals surface area contributed by atoms with Crippen LogP contribution in [0.1, 0.15) is 44.1 Å². The van der Waals surface area contributed by atoms with Gasteiger partial charge in [0.25, 0.3) is 11.8 Å². The molecule has 0 spiro atoms. The van der Waals surface area contributed by atoms with E-state index in [2.05, 4.69) is 15.2 Å². The van der Waals surface area contributed by atoms with E-state index in [1.807, 2.05) is 12.1 Å². The normalized spacial score (nSPS) is 14.5. The highest BCUT2D eigenvalue weighted by atomic mass is 32.1. The topological polar surface area (TPSA) is 65.5 Å². The molecule has 4 aromatic rings. The molecular formula is C30H26F2N4O2S. The van der Waals surface area contributed by atoms with E-state index in [-0.39, 0.29) is 11.6 Å². The van der Waals surface area contributed by atoms with E-state index in [0.29, 0.717) is 45.2 Å². The number of hydrogen-bond donors (Lipinski definition) is 1. The molecule has 2 aromatic heterocycles. The fraction of sp³-hybridized carbons (Fsp3) is 0.233. The second-order valence-electron chi connectivity index (χ2n) is 9.79. The Bertz CT molecular complexity index is 1580. The quantitative estimate of drug-likeness (QED) is 0.321. The van der Waals surface area contributed by atoms with Crippen LogP contribution in [0.5, 0.6) is 0 Å². The number of aryl methyl sites for hydroxylation is 1. The molecule has 0 unspecified atom stereocenters. The van der Waals surface area contributed by atoms with Gasteiger partial charge >= 0.3 is 0 Å². The zero-order chi connectivity index (χ0) is 27.1. The number of pyridine rings is 1. The maximum Gasteiger partial charge on any atom is 0.276 e. The second kappa shape index (κ2) is 10.2. The van der Waals surface area contributed by atoms with Crippen molar-refractivity contribution in [1.29, 1.82) is 0 Å². The van der Waals surface area contributed by atoms with Crippen molar-refractivity contribution >= 4 is 40.3 Å². The molecule has 6 rings (SSSR count). The van der Waals surface area contributed by atoms with E-state index in [1.165, 1.54) is 29.5 Å². The first-order chi connectivity index (χ1) is 18.9. The number of benzene rings is 2. The molecule has 9 heteroatoms. The van der Waals surface area contributed by atoms with Gasteiger partial charge in [-0.2, -0.15) is 0 Å². The van der Waals surface area contributed by atoms with Crippen LogP contribution < -0.4 is 15.1 Å². The zero-order valence-corrected chi connectivity index (χ0v) is 22.2. The predicted molar refractivity (Wildman–Crippen MR) is 150 cm³/mol. The maximum atomic E-state index is 14.5. The highest BCUT2D eigenvalue weighted by molar-refractivity contribution is 7.17. The molecule has 0 aliphatic carbocycles. The zero-order valence-electron chi connectivity index (χ0n) is 21.3. The molecule has 1 saturated heterocycles. The fourth-order valence-electron chi connectivity index (χ4n) is 5.21. The van der Waals surface area contributed by atoms with Crippen LogP contribution in [0.2, 0.25) is 0 Å². The summed E-state index contributed by atoms with van der Waals surface area (Å²) in [4.78, 5) is 36.4. The van der Waals surface area contributed by atoms with Crippen LogP contribution in [0.4, 0.5) is 26.0 Å². The number of para-hydroxylation sites is 1. The van der Waals surface area contributed by atoms with Gasteiger partial charge in [-0.1, -0.05) is 18.2 Å². The van der Waals surface area contributed by atoms with E-state index < -0.39 is 17.5 Å². The van der Waals surface area contributed by atoms with Crippen molar-refractivity contribution in [2.45, 2.75) is 26.2 Å². The number of rotatable bonds is 4. The Morgan fingerprint density at radius 1 is 0.974 bits per heavy atom. The van der Waals surface area contributed by atoms with Crippen molar-refractivity contribution in [3.63, 3.8) is 0 Å². The number of aromatic nitrogens is 1. The standard InChI is InChI=1S/C30H26F2N4O2S/c1-18-6-4-7-22(32)27(18)34-29(37)25-16-19-12-15-36(24-11-10-20(31)17-21(24)28(19)39-25)30(38)23-8-5-9-26(33-23)35-13-2-3-14-35/h4-11,16-17H,2-3,12-15H2,1H3,(H,34,37). The summed E-state index contributed by atoms with van der Waals surface area (Å²) in [6, 6.07) is 16.2. The van der Waals surface area contributed by atoms with Crippen LogP contribution in [0.25, 0.3) is 10.4 Å². The molecule has 1 fully saturated rings. The number of carbonyl (C=O) groups excluding carboxylic acids is 2. The molecule has 2 aliphatic rings. The average molecular weight is 545 g/mol. The lowest BCUT2D eigenvalue weighted by molar-refractivity contribution is 0.0981. The van der Waals surface area contributed by atoms with Gasteiger partial charge in [-0.25, -0.2) is 13.8 Å². The molecule has 198 valence electrons. The molecule has 0 saturated carbocycles. The maximum absolute atomic E-state index is 14.5. The smallest absolute Gasteiger partial charge is 0.276 e. The number of anilines is 3. The SMILES string of the molecule is Cc1cccc(F)c1NC(=O)c1cc2c(s1)-c1cc(F)ccc1N(C(=O)c1cccc(N3CCCC3)n1)CC2. The number of nitrogens with zero attached hydrogens (tertiary/aromatic N) is 3. The number of nitrogens with one attached hydrogen (secondary N) is 1. The van der Waals surface area contributed by atoms with Gasteiger partial charge < -0.3 is 15.1 Å². The minimum atomic E-state index is -0.509. The number of thiophene rings is 1. The lowest BCUT2D eigenvalue weighted by Crippen LogP contribution is -2.33. The molecule has 4 heterocycles. The predicted octanol–water partition coefficient (Wildman–Crippen LogP) is 6.45. The third-order valence-corrected chi connectivity index (χ3v) is 8.43. The molecule has 0 bridgehead atoms. The van der Waals surface area contributed by atoms with Gasteiger partial charge in [0.05, 0.1) is 16.3 Å². The van der Waals surface area contributed by atoms with Crippen LogP contribution in [0, 0.1) is 18.6 Å². The summed E-state index contributed by atoms with van der Waals surface area (Å²) in [5, 5.41) is 2.68. The largest absolute Gasteiger partial charge is 0.357 e. The lowest BCUT2D eigenvalue weighted by Gasteiger charge is -2.23. The Kier molecular flexibility index (Phi) is 6.60. The molecule has 39 heavy (non-hydrogen) atoms. The van der Waals surface area contributed by atoms with Gasteiger partial charge in [-0.15, -0.1) is 11.3 Å². The van der Waals surface area contributed by atoms with Gasteiger partial charge in [0.15, 0.2) is 0 Å². The van der Waals surface area contributed by atoms with Gasteiger partial charge in [-0.05, 0) is 79.8 Å². The van der Waals surface area contributed by atoms with Crippen molar-refractivity contribution < 1.29 is 18.4 Å². The number of amides is 2. The first kappa shape index (κ1) is 25.2. The second-order valence-corrected chi connectivity index (χ2v) is 10.8. The molecule has 0 radical (unpaired) electrons. The van der Waals surface area contributed by atoms with Crippen molar-refractivity contribution in [1.82, 2.24) is 4.98 Å². The molecule has 2 aromatic carbocycles. The summed E-state index contributed by atoms with van der Waals surface area (Å²) in [5.41, 5.74) is 3.02. The van der Waals surface area contributed by atoms with E-state index in [0.717, 1.165) is 37.3 Å². The summed E-state index contributed by atoms with van der Waals surface area (Å²) in [6.45, 7) is 3.90. The Morgan fingerprint density at radius 2 is 1.77 bits per heavy atom. The van der Waals surface area contributed by atoms with E-state index >= 15 is 0 Å². The molecular weight excluding hydrogens is 518 g/mol. The minimum Gasteiger partial charge on any atom is -0.357 e. The number of carbonyl (C=O) groups is 2. The van der Waals surface area contributed by atoms with Gasteiger partial charge in [-0.3, -0.25) is 9.59 Å². The summed E-state index contributed by atoms with van der Waals surface area (Å²) in [7, 11) is 0. The first-order valence-corrected chi connectivity index (χ1v) is 13.7. The van der Waals surface area contributed by atoms with Gasteiger partial charge in [0.2, 0.25) is 0 Å². The fourth-order valence-corrected chi connectivity index (χ4v) is 6.34. The van der Waals surface area contributed by atoms with Crippen molar-refractivity contribution in [2.75, 3.05) is 34.8 Å². The first-order valence-electron chi connectivity index (χ1n) is 12.9. The van der Waals surface area contributed by atoms with Crippen LogP contribution in [0.3, 0.4) is 0 Å². The van der Waals surface area contributed by atoms with Crippen LogP contribution >= 0.6 is 11.3 Å². The monoisotopic (exact) mass is 544 g/mol. The van der Waals surface area contributed by atoms with Gasteiger partial charge in [0.1, 0.15) is 23.1 Å². The summed E-state index contributed by atoms with van der Waals surface area (Å²) in [5.74, 6) is -0.857. The van der Waals surface area contributed by atoms with Gasteiger partial charge in [0, 0.05) is 30.1 Å². The van der Waals surface area contributed by atoms with E-state index in [4.69, 9.17) is 0 Å². The molecule has 2 amide bonds. The van der Waals surface area contributed by atoms with Crippen LogP contribution in [-0.2, 0) is 6.42 Å².